The average molecular weight is 251 g/mol. The molecule has 0 bridgehead atoms. The van der Waals surface area contributed by atoms with Crippen LogP contribution in [0.5, 0.6) is 0 Å². The highest BCUT2D eigenvalue weighted by Gasteiger charge is 2.18. The van der Waals surface area contributed by atoms with E-state index in [4.69, 9.17) is 5.84 Å². The number of hydrogen-bond donors (Lipinski definition) is 3. The van der Waals surface area contributed by atoms with Crippen molar-refractivity contribution in [3.8, 4) is 0 Å². The molecule has 0 aliphatic carbocycles. The van der Waals surface area contributed by atoms with Gasteiger partial charge < -0.3 is 10.7 Å². The van der Waals surface area contributed by atoms with Gasteiger partial charge in [-0.2, -0.15) is 0 Å². The molecular formula is C13H25N5. The van der Waals surface area contributed by atoms with Crippen molar-refractivity contribution in [3.05, 3.63) is 11.9 Å². The van der Waals surface area contributed by atoms with Crippen molar-refractivity contribution in [1.29, 1.82) is 0 Å². The predicted octanol–water partition coefficient (Wildman–Crippen LogP) is 2.73. The van der Waals surface area contributed by atoms with Gasteiger partial charge in [-0.25, -0.2) is 15.8 Å². The van der Waals surface area contributed by atoms with Crippen molar-refractivity contribution >= 4 is 11.6 Å². The standard InChI is InChI=1S/C13H25N5/c1-6-10(8(2)3)17-12-11(9(4)5)13(18-14)16-7-15-12/h7-10H,6,14H2,1-5H3,(H2,15,16,17,18). The van der Waals surface area contributed by atoms with E-state index in [1.807, 2.05) is 0 Å². The normalized spacial score (nSPS) is 12.9. The van der Waals surface area contributed by atoms with Crippen LogP contribution in [0.1, 0.15) is 52.5 Å². The molecule has 0 aliphatic heterocycles. The van der Waals surface area contributed by atoms with Gasteiger partial charge >= 0.3 is 0 Å². The minimum atomic E-state index is 0.310. The van der Waals surface area contributed by atoms with E-state index >= 15 is 0 Å². The molecule has 0 saturated heterocycles. The fourth-order valence-electron chi connectivity index (χ4n) is 2.09. The fraction of sp³-hybridized carbons (Fsp3) is 0.692. The van der Waals surface area contributed by atoms with Gasteiger partial charge in [0.1, 0.15) is 18.0 Å². The van der Waals surface area contributed by atoms with Gasteiger partial charge in [0.05, 0.1) is 0 Å². The van der Waals surface area contributed by atoms with E-state index < -0.39 is 0 Å². The summed E-state index contributed by atoms with van der Waals surface area (Å²) in [6, 6.07) is 0.406. The lowest BCUT2D eigenvalue weighted by Gasteiger charge is -2.24. The highest BCUT2D eigenvalue weighted by atomic mass is 15.3. The highest BCUT2D eigenvalue weighted by molar-refractivity contribution is 5.58. The van der Waals surface area contributed by atoms with Gasteiger partial charge in [-0.15, -0.1) is 0 Å². The van der Waals surface area contributed by atoms with Crippen LogP contribution in [0.15, 0.2) is 6.33 Å². The first kappa shape index (κ1) is 14.7. The van der Waals surface area contributed by atoms with Crippen molar-refractivity contribution in [3.63, 3.8) is 0 Å². The van der Waals surface area contributed by atoms with Crippen LogP contribution >= 0.6 is 0 Å². The van der Waals surface area contributed by atoms with E-state index in [-0.39, 0.29) is 0 Å². The van der Waals surface area contributed by atoms with Gasteiger partial charge in [0, 0.05) is 11.6 Å². The maximum atomic E-state index is 5.51. The van der Waals surface area contributed by atoms with Gasteiger partial charge in [0.2, 0.25) is 0 Å². The van der Waals surface area contributed by atoms with E-state index in [0.29, 0.717) is 23.7 Å². The molecule has 1 heterocycles. The molecule has 4 N–H and O–H groups in total. The Morgan fingerprint density at radius 3 is 2.22 bits per heavy atom. The van der Waals surface area contributed by atoms with Gasteiger partial charge in [-0.1, -0.05) is 34.6 Å². The molecule has 5 heteroatoms. The summed E-state index contributed by atoms with van der Waals surface area (Å²) in [6.07, 6.45) is 2.60. The second-order valence-electron chi connectivity index (χ2n) is 5.19. The monoisotopic (exact) mass is 251 g/mol. The first-order valence-electron chi connectivity index (χ1n) is 6.59. The van der Waals surface area contributed by atoms with Crippen LogP contribution in [0.3, 0.4) is 0 Å². The summed E-state index contributed by atoms with van der Waals surface area (Å²) in [7, 11) is 0. The number of hydrogen-bond acceptors (Lipinski definition) is 5. The molecule has 1 unspecified atom stereocenters. The summed E-state index contributed by atoms with van der Waals surface area (Å²) in [5, 5.41) is 3.51. The number of rotatable bonds is 6. The van der Waals surface area contributed by atoms with Crippen LogP contribution in [0.2, 0.25) is 0 Å². The number of nitrogens with two attached hydrogens (primary N) is 1. The van der Waals surface area contributed by atoms with Crippen LogP contribution in [0, 0.1) is 5.92 Å². The van der Waals surface area contributed by atoms with Crippen molar-refractivity contribution in [2.45, 2.75) is 53.0 Å². The number of anilines is 2. The van der Waals surface area contributed by atoms with E-state index in [2.05, 4.69) is 55.3 Å². The van der Waals surface area contributed by atoms with E-state index in [0.717, 1.165) is 17.8 Å². The van der Waals surface area contributed by atoms with Crippen LogP contribution in [0.4, 0.5) is 11.6 Å². The second-order valence-corrected chi connectivity index (χ2v) is 5.19. The zero-order chi connectivity index (χ0) is 13.7. The maximum Gasteiger partial charge on any atom is 0.148 e. The highest BCUT2D eigenvalue weighted by Crippen LogP contribution is 2.29. The summed E-state index contributed by atoms with van der Waals surface area (Å²) in [5.74, 6) is 7.96. The lowest BCUT2D eigenvalue weighted by atomic mass is 10.00. The summed E-state index contributed by atoms with van der Waals surface area (Å²) >= 11 is 0. The smallest absolute Gasteiger partial charge is 0.148 e. The zero-order valence-electron chi connectivity index (χ0n) is 12.0. The average Bonchev–Trinajstić information content (AvgIpc) is 2.34. The van der Waals surface area contributed by atoms with Crippen LogP contribution in [-0.2, 0) is 0 Å². The summed E-state index contributed by atoms with van der Waals surface area (Å²) in [4.78, 5) is 8.53. The number of nitrogens with zero attached hydrogens (tertiary/aromatic N) is 2. The van der Waals surface area contributed by atoms with Gasteiger partial charge in [0.15, 0.2) is 0 Å². The largest absolute Gasteiger partial charge is 0.367 e. The van der Waals surface area contributed by atoms with Gasteiger partial charge in [0.25, 0.3) is 0 Å². The lowest BCUT2D eigenvalue weighted by molar-refractivity contribution is 0.509. The van der Waals surface area contributed by atoms with E-state index in [9.17, 15) is 0 Å². The summed E-state index contributed by atoms with van der Waals surface area (Å²) in [5.41, 5.74) is 3.69. The minimum Gasteiger partial charge on any atom is -0.367 e. The maximum absolute atomic E-state index is 5.51. The first-order valence-corrected chi connectivity index (χ1v) is 6.59. The van der Waals surface area contributed by atoms with Gasteiger partial charge in [-0.3, -0.25) is 0 Å². The number of hydrazine groups is 1. The molecule has 0 radical (unpaired) electrons. The topological polar surface area (TPSA) is 75.9 Å². The molecule has 102 valence electrons. The minimum absolute atomic E-state index is 0.310. The molecule has 18 heavy (non-hydrogen) atoms. The molecule has 0 saturated carbocycles. The first-order chi connectivity index (χ1) is 8.51. The second kappa shape index (κ2) is 6.54. The molecule has 1 aromatic rings. The van der Waals surface area contributed by atoms with Crippen LogP contribution in [0.25, 0.3) is 0 Å². The van der Waals surface area contributed by atoms with Crippen molar-refractivity contribution in [2.24, 2.45) is 11.8 Å². The summed E-state index contributed by atoms with van der Waals surface area (Å²) in [6.45, 7) is 10.8. The molecule has 5 nitrogen and oxygen atoms in total. The fourth-order valence-corrected chi connectivity index (χ4v) is 2.09. The molecule has 0 aliphatic rings. The predicted molar refractivity (Wildman–Crippen MR) is 76.5 cm³/mol. The molecule has 0 aromatic carbocycles. The van der Waals surface area contributed by atoms with Crippen molar-refractivity contribution in [2.75, 3.05) is 10.7 Å². The Kier molecular flexibility index (Phi) is 5.34. The third kappa shape index (κ3) is 3.32. The molecule has 1 rings (SSSR count). The molecule has 0 fully saturated rings. The zero-order valence-corrected chi connectivity index (χ0v) is 12.0. The van der Waals surface area contributed by atoms with Gasteiger partial charge in [-0.05, 0) is 18.3 Å². The third-order valence-electron chi connectivity index (χ3n) is 3.16. The Morgan fingerprint density at radius 2 is 1.78 bits per heavy atom. The van der Waals surface area contributed by atoms with Crippen molar-refractivity contribution < 1.29 is 0 Å². The Morgan fingerprint density at radius 1 is 1.17 bits per heavy atom. The quantitative estimate of drug-likeness (QED) is 0.535. The van der Waals surface area contributed by atoms with Crippen LogP contribution < -0.4 is 16.6 Å². The Bertz CT molecular complexity index is 376. The number of nitrogens with one attached hydrogen (secondary N) is 2. The Hall–Kier alpha value is -1.36. The molecule has 0 amide bonds. The van der Waals surface area contributed by atoms with Crippen LogP contribution in [-0.4, -0.2) is 16.0 Å². The van der Waals surface area contributed by atoms with Crippen molar-refractivity contribution in [1.82, 2.24) is 9.97 Å². The molecule has 1 aromatic heterocycles. The molecule has 1 atom stereocenters. The number of aromatic nitrogens is 2. The SMILES string of the molecule is CCC(Nc1ncnc(NN)c1C(C)C)C(C)C. The lowest BCUT2D eigenvalue weighted by Crippen LogP contribution is -2.26. The molecular weight excluding hydrogens is 226 g/mol. The number of nitrogen functional groups attached to an aromatic ring is 1. The Labute approximate surface area is 110 Å². The Balaban J connectivity index is 3.07. The van der Waals surface area contributed by atoms with E-state index in [1.165, 1.54) is 6.33 Å². The summed E-state index contributed by atoms with van der Waals surface area (Å²) < 4.78 is 0. The van der Waals surface area contributed by atoms with E-state index in [1.54, 1.807) is 0 Å². The third-order valence-corrected chi connectivity index (χ3v) is 3.16. The molecule has 0 spiro atoms.